The molecule has 200 valence electrons. The third-order valence-corrected chi connectivity index (χ3v) is 7.27. The summed E-state index contributed by atoms with van der Waals surface area (Å²) in [4.78, 5) is 4.43. The minimum atomic E-state index is 0.505. The highest BCUT2D eigenvalue weighted by molar-refractivity contribution is 6.06. The van der Waals surface area contributed by atoms with Crippen LogP contribution in [0, 0.1) is 11.5 Å². The van der Waals surface area contributed by atoms with Gasteiger partial charge in [-0.2, -0.15) is 0 Å². The number of furan rings is 1. The van der Waals surface area contributed by atoms with Gasteiger partial charge in [0.2, 0.25) is 0 Å². The van der Waals surface area contributed by atoms with Crippen molar-refractivity contribution in [1.82, 2.24) is 0 Å². The average molecular weight is 544 g/mol. The molecule has 0 radical (unpaired) electrons. The van der Waals surface area contributed by atoms with Crippen molar-refractivity contribution in [2.24, 2.45) is 0 Å². The zero-order chi connectivity index (χ0) is 28.3. The smallest absolute Gasteiger partial charge is 0.292 e. The second-order valence-corrected chi connectivity index (χ2v) is 9.82. The van der Waals surface area contributed by atoms with E-state index in [0.717, 1.165) is 56.1 Å². The number of hydrogen-bond donors (Lipinski definition) is 0. The highest BCUT2D eigenvalue weighted by atomic mass is 16.5. The van der Waals surface area contributed by atoms with Crippen LogP contribution in [0.4, 0.5) is 34.1 Å². The SMILES string of the molecule is N#COc1ccc(N(c2ccccc2)c2ccc(N(c3ccccc3)c3ccc4oc5ccccc5c4c3)cc2)cc1. The van der Waals surface area contributed by atoms with Gasteiger partial charge in [0.1, 0.15) is 16.9 Å². The number of rotatable bonds is 7. The summed E-state index contributed by atoms with van der Waals surface area (Å²) in [5, 5.41) is 11.1. The second kappa shape index (κ2) is 10.9. The Hall–Kier alpha value is -5.99. The van der Waals surface area contributed by atoms with Crippen LogP contribution < -0.4 is 14.5 Å². The van der Waals surface area contributed by atoms with Gasteiger partial charge < -0.3 is 19.0 Å². The summed E-state index contributed by atoms with van der Waals surface area (Å²) in [6.07, 6.45) is 1.73. The molecule has 7 rings (SSSR count). The molecule has 0 bridgehead atoms. The van der Waals surface area contributed by atoms with Crippen molar-refractivity contribution < 1.29 is 9.15 Å². The first-order valence-electron chi connectivity index (χ1n) is 13.7. The summed E-state index contributed by atoms with van der Waals surface area (Å²) in [6.45, 7) is 0. The zero-order valence-corrected chi connectivity index (χ0v) is 22.6. The molecule has 0 saturated heterocycles. The zero-order valence-electron chi connectivity index (χ0n) is 22.6. The molecular weight excluding hydrogens is 518 g/mol. The van der Waals surface area contributed by atoms with Crippen molar-refractivity contribution in [2.75, 3.05) is 9.80 Å². The lowest BCUT2D eigenvalue weighted by Gasteiger charge is -2.28. The van der Waals surface area contributed by atoms with Gasteiger partial charge in [0.05, 0.1) is 0 Å². The number of nitriles is 1. The van der Waals surface area contributed by atoms with Crippen LogP contribution in [-0.2, 0) is 0 Å². The number of fused-ring (bicyclic) bond motifs is 3. The van der Waals surface area contributed by atoms with E-state index >= 15 is 0 Å². The summed E-state index contributed by atoms with van der Waals surface area (Å²) >= 11 is 0. The predicted octanol–water partition coefficient (Wildman–Crippen LogP) is 10.4. The summed E-state index contributed by atoms with van der Waals surface area (Å²) in [5.74, 6) is 0.505. The van der Waals surface area contributed by atoms with Gasteiger partial charge in [0.25, 0.3) is 6.26 Å². The van der Waals surface area contributed by atoms with Crippen LogP contribution in [0.3, 0.4) is 0 Å². The largest absolute Gasteiger partial charge is 0.456 e. The maximum Gasteiger partial charge on any atom is 0.292 e. The number of hydrogen-bond acceptors (Lipinski definition) is 5. The fourth-order valence-electron chi connectivity index (χ4n) is 5.37. The molecule has 0 saturated carbocycles. The van der Waals surface area contributed by atoms with Gasteiger partial charge in [-0.1, -0.05) is 54.6 Å². The van der Waals surface area contributed by atoms with Crippen molar-refractivity contribution in [3.63, 3.8) is 0 Å². The van der Waals surface area contributed by atoms with E-state index in [-0.39, 0.29) is 0 Å². The van der Waals surface area contributed by atoms with Crippen LogP contribution in [0.5, 0.6) is 5.75 Å². The Labute approximate surface area is 243 Å². The Morgan fingerprint density at radius 2 is 0.905 bits per heavy atom. The molecule has 0 spiro atoms. The van der Waals surface area contributed by atoms with E-state index in [9.17, 15) is 0 Å². The van der Waals surface area contributed by atoms with E-state index in [0.29, 0.717) is 5.75 Å². The molecule has 6 aromatic carbocycles. The lowest BCUT2D eigenvalue weighted by molar-refractivity contribution is 0.507. The van der Waals surface area contributed by atoms with Crippen LogP contribution in [0.2, 0.25) is 0 Å². The molecule has 0 unspecified atom stereocenters. The molecule has 42 heavy (non-hydrogen) atoms. The molecule has 1 heterocycles. The number of ether oxygens (including phenoxy) is 1. The van der Waals surface area contributed by atoms with Crippen LogP contribution in [-0.4, -0.2) is 0 Å². The van der Waals surface area contributed by atoms with E-state index < -0.39 is 0 Å². The molecule has 0 aliphatic heterocycles. The first kappa shape index (κ1) is 25.0. The van der Waals surface area contributed by atoms with Crippen LogP contribution >= 0.6 is 0 Å². The Balaban J connectivity index is 1.31. The Bertz CT molecular complexity index is 2010. The molecule has 0 aliphatic rings. The Kier molecular flexibility index (Phi) is 6.48. The molecule has 0 atom stereocenters. The molecule has 5 heteroatoms. The van der Waals surface area contributed by atoms with Gasteiger partial charge in [0.15, 0.2) is 0 Å². The van der Waals surface area contributed by atoms with E-state index in [4.69, 9.17) is 14.4 Å². The van der Waals surface area contributed by atoms with E-state index in [1.807, 2.05) is 60.7 Å². The fourth-order valence-corrected chi connectivity index (χ4v) is 5.37. The minimum Gasteiger partial charge on any atom is -0.456 e. The quantitative estimate of drug-likeness (QED) is 0.187. The topological polar surface area (TPSA) is 52.6 Å². The highest BCUT2D eigenvalue weighted by Gasteiger charge is 2.17. The van der Waals surface area contributed by atoms with Crippen LogP contribution in [0.25, 0.3) is 21.9 Å². The molecular formula is C37H25N3O2. The Morgan fingerprint density at radius 1 is 0.452 bits per heavy atom. The van der Waals surface area contributed by atoms with Crippen molar-refractivity contribution in [3.8, 4) is 12.0 Å². The van der Waals surface area contributed by atoms with Gasteiger partial charge in [0, 0.05) is 44.9 Å². The third-order valence-electron chi connectivity index (χ3n) is 7.27. The average Bonchev–Trinajstić information content (AvgIpc) is 3.42. The standard InChI is InChI=1S/C37H25N3O2/c38-26-41-33-22-19-31(20-23-33)39(27-9-3-1-4-10-27)29-15-17-30(18-16-29)40(28-11-5-2-6-12-28)32-21-24-37-35(25-32)34-13-7-8-14-36(34)42-37/h1-25H. The lowest BCUT2D eigenvalue weighted by Crippen LogP contribution is -2.12. The summed E-state index contributed by atoms with van der Waals surface area (Å²) in [6, 6.07) is 51.1. The fraction of sp³-hybridized carbons (Fsp3) is 0. The van der Waals surface area contributed by atoms with Gasteiger partial charge in [-0.05, 0) is 97.1 Å². The first-order valence-corrected chi connectivity index (χ1v) is 13.7. The van der Waals surface area contributed by atoms with Crippen molar-refractivity contribution in [2.45, 2.75) is 0 Å². The first-order chi connectivity index (χ1) is 20.8. The van der Waals surface area contributed by atoms with Gasteiger partial charge in [-0.3, -0.25) is 0 Å². The maximum absolute atomic E-state index is 8.89. The number of anilines is 6. The van der Waals surface area contributed by atoms with Gasteiger partial charge in [-0.25, -0.2) is 0 Å². The van der Waals surface area contributed by atoms with Crippen molar-refractivity contribution in [3.05, 3.63) is 152 Å². The molecule has 1 aromatic heterocycles. The molecule has 0 amide bonds. The molecule has 0 N–H and O–H groups in total. The van der Waals surface area contributed by atoms with Crippen molar-refractivity contribution >= 4 is 56.1 Å². The third kappa shape index (κ3) is 4.68. The van der Waals surface area contributed by atoms with Gasteiger partial charge in [-0.15, -0.1) is 5.26 Å². The summed E-state index contributed by atoms with van der Waals surface area (Å²) in [5.41, 5.74) is 7.87. The number of nitrogens with zero attached hydrogens (tertiary/aromatic N) is 3. The monoisotopic (exact) mass is 543 g/mol. The summed E-state index contributed by atoms with van der Waals surface area (Å²) in [7, 11) is 0. The van der Waals surface area contributed by atoms with Crippen molar-refractivity contribution in [1.29, 1.82) is 5.26 Å². The van der Waals surface area contributed by atoms with Crippen LogP contribution in [0.15, 0.2) is 156 Å². The van der Waals surface area contributed by atoms with Gasteiger partial charge >= 0.3 is 0 Å². The maximum atomic E-state index is 8.89. The number of para-hydroxylation sites is 3. The Morgan fingerprint density at radius 3 is 1.50 bits per heavy atom. The molecule has 7 aromatic rings. The number of benzene rings is 6. The molecule has 0 fully saturated rings. The highest BCUT2D eigenvalue weighted by Crippen LogP contribution is 2.41. The lowest BCUT2D eigenvalue weighted by atomic mass is 10.1. The van der Waals surface area contributed by atoms with E-state index in [1.54, 1.807) is 18.4 Å². The van der Waals surface area contributed by atoms with E-state index in [2.05, 4.69) is 88.7 Å². The molecule has 5 nitrogen and oxygen atoms in total. The predicted molar refractivity (Wildman–Crippen MR) is 169 cm³/mol. The van der Waals surface area contributed by atoms with Crippen LogP contribution in [0.1, 0.15) is 0 Å². The summed E-state index contributed by atoms with van der Waals surface area (Å²) < 4.78 is 11.1. The molecule has 0 aliphatic carbocycles. The minimum absolute atomic E-state index is 0.505. The normalized spacial score (nSPS) is 10.8. The second-order valence-electron chi connectivity index (χ2n) is 9.82. The van der Waals surface area contributed by atoms with E-state index in [1.165, 1.54) is 0 Å².